The number of esters is 2. The van der Waals surface area contributed by atoms with Crippen molar-refractivity contribution in [2.24, 2.45) is 0 Å². The van der Waals surface area contributed by atoms with Crippen molar-refractivity contribution in [3.05, 3.63) is 35.4 Å². The number of rotatable bonds is 7. The highest BCUT2D eigenvalue weighted by atomic mass is 16.5. The van der Waals surface area contributed by atoms with Crippen molar-refractivity contribution in [2.45, 2.75) is 19.8 Å². The molecule has 0 spiro atoms. The molecule has 0 aromatic heterocycles. The van der Waals surface area contributed by atoms with Crippen LogP contribution in [0.5, 0.6) is 0 Å². The molecule has 0 atom stereocenters. The summed E-state index contributed by atoms with van der Waals surface area (Å²) >= 11 is 0. The number of aliphatic hydroxyl groups is 1. The van der Waals surface area contributed by atoms with Gasteiger partial charge in [0.1, 0.15) is 0 Å². The molecule has 1 aromatic carbocycles. The van der Waals surface area contributed by atoms with Gasteiger partial charge in [0, 0.05) is 6.61 Å². The van der Waals surface area contributed by atoms with E-state index in [1.54, 1.807) is 12.1 Å². The molecule has 22 heavy (non-hydrogen) atoms. The van der Waals surface area contributed by atoms with Crippen LogP contribution in [0.1, 0.15) is 40.5 Å². The van der Waals surface area contributed by atoms with Gasteiger partial charge >= 0.3 is 11.9 Å². The molecule has 0 heterocycles. The van der Waals surface area contributed by atoms with Crippen molar-refractivity contribution >= 4 is 11.9 Å². The van der Waals surface area contributed by atoms with E-state index in [2.05, 4.69) is 16.4 Å². The Morgan fingerprint density at radius 3 is 1.86 bits per heavy atom. The fraction of sp³-hybridized carbons (Fsp3) is 0.500. The van der Waals surface area contributed by atoms with Gasteiger partial charge in [0.15, 0.2) is 0 Å². The number of carbonyl (C=O) groups is 2. The number of hydrogen-bond donors (Lipinski definition) is 1. The molecule has 0 fully saturated rings. The molecule has 1 aromatic rings. The van der Waals surface area contributed by atoms with Gasteiger partial charge in [0.25, 0.3) is 0 Å². The number of ether oxygens (including phenoxy) is 3. The number of carbonyl (C=O) groups excluding carboxylic acids is 2. The number of aliphatic hydroxyl groups excluding tert-OH is 1. The molecule has 6 heteroatoms. The largest absolute Gasteiger partial charge is 0.465 e. The van der Waals surface area contributed by atoms with E-state index in [4.69, 9.17) is 9.84 Å². The number of benzene rings is 1. The molecule has 0 bridgehead atoms. The van der Waals surface area contributed by atoms with Crippen LogP contribution in [0, 0.1) is 0 Å². The lowest BCUT2D eigenvalue weighted by Crippen LogP contribution is -2.11. The lowest BCUT2D eigenvalue weighted by molar-refractivity contribution is 0.0555. The summed E-state index contributed by atoms with van der Waals surface area (Å²) < 4.78 is 14.0. The molecule has 0 radical (unpaired) electrons. The van der Waals surface area contributed by atoms with Gasteiger partial charge in [-0.25, -0.2) is 9.59 Å². The van der Waals surface area contributed by atoms with Gasteiger partial charge in [0.05, 0.1) is 38.6 Å². The Balaban J connectivity index is 0.000000472. The summed E-state index contributed by atoms with van der Waals surface area (Å²) in [6.45, 7) is 3.53. The minimum atomic E-state index is -0.550. The normalized spacial score (nSPS) is 9.45. The molecule has 0 aliphatic rings. The van der Waals surface area contributed by atoms with Crippen molar-refractivity contribution in [1.29, 1.82) is 0 Å². The van der Waals surface area contributed by atoms with Crippen molar-refractivity contribution in [2.75, 3.05) is 34.0 Å². The summed E-state index contributed by atoms with van der Waals surface area (Å²) in [5.41, 5.74) is 0.420. The zero-order valence-electron chi connectivity index (χ0n) is 13.3. The van der Waals surface area contributed by atoms with Crippen LogP contribution in [0.15, 0.2) is 24.3 Å². The second-order valence-corrected chi connectivity index (χ2v) is 4.22. The minimum absolute atomic E-state index is 0.143. The maximum atomic E-state index is 11.2. The second kappa shape index (κ2) is 12.8. The van der Waals surface area contributed by atoms with Crippen LogP contribution in [0.2, 0.25) is 0 Å². The van der Waals surface area contributed by atoms with E-state index in [-0.39, 0.29) is 17.7 Å². The van der Waals surface area contributed by atoms with Crippen LogP contribution >= 0.6 is 0 Å². The Hall–Kier alpha value is -1.92. The lowest BCUT2D eigenvalue weighted by atomic mass is 10.1. The summed E-state index contributed by atoms with van der Waals surface area (Å²) in [6.07, 6.45) is 2.26. The Bertz CT molecular complexity index is 403. The number of unbranched alkanes of at least 4 members (excludes halogenated alkanes) is 1. The van der Waals surface area contributed by atoms with Crippen LogP contribution in [0.25, 0.3) is 0 Å². The van der Waals surface area contributed by atoms with E-state index in [1.807, 2.05) is 0 Å². The average molecular weight is 312 g/mol. The molecule has 1 rings (SSSR count). The van der Waals surface area contributed by atoms with Crippen LogP contribution in [0.4, 0.5) is 0 Å². The second-order valence-electron chi connectivity index (χ2n) is 4.22. The maximum Gasteiger partial charge on any atom is 0.338 e. The van der Waals surface area contributed by atoms with Crippen LogP contribution < -0.4 is 0 Å². The third-order valence-corrected chi connectivity index (χ3v) is 2.62. The standard InChI is InChI=1S/C10H10O4.C6H14O2/c1-13-9(11)7-5-3-4-6-8(7)10(12)14-2;1-2-3-5-8-6-4-7/h3-6H,1-2H3;7H,2-6H2,1H3. The Morgan fingerprint density at radius 2 is 1.50 bits per heavy atom. The summed E-state index contributed by atoms with van der Waals surface area (Å²) in [4.78, 5) is 22.4. The molecule has 0 amide bonds. The first-order valence-corrected chi connectivity index (χ1v) is 7.06. The van der Waals surface area contributed by atoms with Gasteiger partial charge in [-0.15, -0.1) is 0 Å². The Kier molecular flexibility index (Phi) is 11.7. The molecule has 0 aliphatic carbocycles. The molecule has 1 N–H and O–H groups in total. The van der Waals surface area contributed by atoms with Gasteiger partial charge in [-0.3, -0.25) is 0 Å². The Labute approximate surface area is 131 Å². The molecular weight excluding hydrogens is 288 g/mol. The van der Waals surface area contributed by atoms with E-state index in [1.165, 1.54) is 26.4 Å². The van der Waals surface area contributed by atoms with E-state index < -0.39 is 11.9 Å². The van der Waals surface area contributed by atoms with Crippen molar-refractivity contribution in [1.82, 2.24) is 0 Å². The minimum Gasteiger partial charge on any atom is -0.465 e. The molecule has 6 nitrogen and oxygen atoms in total. The molecular formula is C16H24O6. The fourth-order valence-electron chi connectivity index (χ4n) is 1.47. The summed E-state index contributed by atoms with van der Waals surface area (Å²) in [5, 5.41) is 8.24. The third kappa shape index (κ3) is 7.75. The van der Waals surface area contributed by atoms with Gasteiger partial charge in [0.2, 0.25) is 0 Å². The molecule has 0 unspecified atom stereocenters. The lowest BCUT2D eigenvalue weighted by Gasteiger charge is -2.04. The molecule has 0 saturated carbocycles. The van der Waals surface area contributed by atoms with Gasteiger partial charge in [-0.2, -0.15) is 0 Å². The monoisotopic (exact) mass is 312 g/mol. The summed E-state index contributed by atoms with van der Waals surface area (Å²) in [5.74, 6) is -1.10. The fourth-order valence-corrected chi connectivity index (χ4v) is 1.47. The van der Waals surface area contributed by atoms with E-state index in [9.17, 15) is 9.59 Å². The van der Waals surface area contributed by atoms with E-state index in [0.29, 0.717) is 6.61 Å². The van der Waals surface area contributed by atoms with Crippen molar-refractivity contribution in [3.8, 4) is 0 Å². The average Bonchev–Trinajstić information content (AvgIpc) is 2.58. The smallest absolute Gasteiger partial charge is 0.338 e. The SMILES string of the molecule is CCCCOCCO.COC(=O)c1ccccc1C(=O)OC. The predicted octanol–water partition coefficient (Wildman–Crippen LogP) is 2.06. The van der Waals surface area contributed by atoms with E-state index in [0.717, 1.165) is 19.4 Å². The zero-order chi connectivity index (χ0) is 16.8. The molecule has 0 aliphatic heterocycles. The first-order valence-electron chi connectivity index (χ1n) is 7.06. The Morgan fingerprint density at radius 1 is 1.00 bits per heavy atom. The quantitative estimate of drug-likeness (QED) is 0.613. The zero-order valence-corrected chi connectivity index (χ0v) is 13.3. The van der Waals surface area contributed by atoms with Crippen molar-refractivity contribution in [3.63, 3.8) is 0 Å². The van der Waals surface area contributed by atoms with Crippen LogP contribution in [-0.2, 0) is 14.2 Å². The van der Waals surface area contributed by atoms with Crippen molar-refractivity contribution < 1.29 is 28.9 Å². The first kappa shape index (κ1) is 20.1. The molecule has 0 saturated heterocycles. The number of methoxy groups -OCH3 is 2. The topological polar surface area (TPSA) is 82.1 Å². The van der Waals surface area contributed by atoms with Crippen LogP contribution in [0.3, 0.4) is 0 Å². The van der Waals surface area contributed by atoms with Gasteiger partial charge < -0.3 is 19.3 Å². The van der Waals surface area contributed by atoms with Gasteiger partial charge in [-0.05, 0) is 18.6 Å². The molecule has 124 valence electrons. The van der Waals surface area contributed by atoms with Crippen LogP contribution in [-0.4, -0.2) is 51.1 Å². The number of hydrogen-bond acceptors (Lipinski definition) is 6. The van der Waals surface area contributed by atoms with Gasteiger partial charge in [-0.1, -0.05) is 25.5 Å². The third-order valence-electron chi connectivity index (χ3n) is 2.62. The highest BCUT2D eigenvalue weighted by molar-refractivity contribution is 6.02. The van der Waals surface area contributed by atoms with E-state index >= 15 is 0 Å². The predicted molar refractivity (Wildman–Crippen MR) is 81.9 cm³/mol. The highest BCUT2D eigenvalue weighted by Gasteiger charge is 2.16. The summed E-state index contributed by atoms with van der Waals surface area (Å²) in [7, 11) is 2.52. The maximum absolute atomic E-state index is 11.2. The first-order chi connectivity index (χ1) is 10.6. The highest BCUT2D eigenvalue weighted by Crippen LogP contribution is 2.10. The summed E-state index contributed by atoms with van der Waals surface area (Å²) in [6, 6.07) is 6.33.